The summed E-state index contributed by atoms with van der Waals surface area (Å²) in [6, 6.07) is 18.3. The molecule has 2 N–H and O–H groups in total. The van der Waals surface area contributed by atoms with Crippen molar-refractivity contribution in [2.45, 2.75) is 13.8 Å². The summed E-state index contributed by atoms with van der Waals surface area (Å²) in [5.74, 6) is 5.65. The fraction of sp³-hybridized carbons (Fsp3) is 0.0968. The molecule has 10 nitrogen and oxygen atoms in total. The summed E-state index contributed by atoms with van der Waals surface area (Å²) in [6.07, 6.45) is 5.17. The second kappa shape index (κ2) is 10.1. The lowest BCUT2D eigenvalue weighted by molar-refractivity contribution is 0.100. The fourth-order valence-corrected chi connectivity index (χ4v) is 4.70. The third-order valence-corrected chi connectivity index (χ3v) is 6.61. The van der Waals surface area contributed by atoms with Crippen molar-refractivity contribution in [2.24, 2.45) is 12.0 Å². The highest BCUT2D eigenvalue weighted by Crippen LogP contribution is 2.22. The van der Waals surface area contributed by atoms with Gasteiger partial charge in [-0.25, -0.2) is 14.5 Å². The van der Waals surface area contributed by atoms with E-state index in [1.165, 1.54) is 4.52 Å². The van der Waals surface area contributed by atoms with E-state index in [-0.39, 0.29) is 16.9 Å². The highest BCUT2D eigenvalue weighted by atomic mass is 16.1. The van der Waals surface area contributed by atoms with Crippen LogP contribution in [0.4, 0.5) is 5.82 Å². The first-order valence-corrected chi connectivity index (χ1v) is 12.8. The predicted octanol–water partition coefficient (Wildman–Crippen LogP) is 3.71. The van der Waals surface area contributed by atoms with Crippen molar-refractivity contribution in [3.8, 4) is 17.5 Å². The number of anilines is 1. The number of rotatable bonds is 3. The van der Waals surface area contributed by atoms with Gasteiger partial charge < -0.3 is 5.73 Å². The largest absolute Gasteiger partial charge is 0.381 e. The van der Waals surface area contributed by atoms with E-state index in [4.69, 9.17) is 5.73 Å². The van der Waals surface area contributed by atoms with Crippen molar-refractivity contribution in [1.82, 2.24) is 28.9 Å². The normalized spacial score (nSPS) is 11.5. The van der Waals surface area contributed by atoms with Crippen molar-refractivity contribution < 1.29 is 4.79 Å². The van der Waals surface area contributed by atoms with Gasteiger partial charge in [0.25, 0.3) is 11.5 Å². The van der Waals surface area contributed by atoms with Crippen molar-refractivity contribution in [3.05, 3.63) is 118 Å². The standard InChI is InChI=1S/C31H24N8O2/c1-19-14-15-38-29(34-19)27(28(32)36-38)30(40)35-20(2)25-16-23-9-7-8-22(13-12-21-17-33-37(3)18-21)26(23)31(41)39(25)24-10-5-4-6-11-24/h4-11,14-18H,1-3H3,(H2,32,36). The number of nitrogens with two attached hydrogens (primary N) is 1. The average Bonchev–Trinajstić information content (AvgIpc) is 3.53. The lowest BCUT2D eigenvalue weighted by atomic mass is 10.0. The van der Waals surface area contributed by atoms with E-state index < -0.39 is 5.91 Å². The summed E-state index contributed by atoms with van der Waals surface area (Å²) in [7, 11) is 1.82. The summed E-state index contributed by atoms with van der Waals surface area (Å²) in [4.78, 5) is 36.4. The van der Waals surface area contributed by atoms with Gasteiger partial charge in [-0.2, -0.15) is 5.10 Å². The Bertz CT molecular complexity index is 2140. The van der Waals surface area contributed by atoms with Gasteiger partial charge in [0.2, 0.25) is 0 Å². The van der Waals surface area contributed by atoms with Gasteiger partial charge in [0.1, 0.15) is 5.56 Å². The van der Waals surface area contributed by atoms with Crippen molar-refractivity contribution in [1.29, 1.82) is 0 Å². The molecule has 0 saturated heterocycles. The first-order chi connectivity index (χ1) is 19.8. The van der Waals surface area contributed by atoms with Gasteiger partial charge in [-0.3, -0.25) is 18.8 Å². The van der Waals surface area contributed by atoms with Crippen LogP contribution >= 0.6 is 0 Å². The number of aryl methyl sites for hydroxylation is 2. The SMILES string of the molecule is CC(=NC(=O)c1c(N)nn2ccc(C)nc12)c1cc2cccc(C#Cc3cnn(C)c3)c2c(=O)n1-c1ccccc1. The van der Waals surface area contributed by atoms with E-state index in [0.29, 0.717) is 44.8 Å². The number of pyridine rings is 1. The lowest BCUT2D eigenvalue weighted by Crippen LogP contribution is -2.25. The van der Waals surface area contributed by atoms with Crippen molar-refractivity contribution >= 4 is 33.9 Å². The molecule has 1 amide bonds. The zero-order valence-corrected chi connectivity index (χ0v) is 22.5. The minimum absolute atomic E-state index is 0.0282. The molecule has 0 aliphatic rings. The quantitative estimate of drug-likeness (QED) is 0.270. The maximum atomic E-state index is 14.2. The number of para-hydroxylation sites is 1. The maximum Gasteiger partial charge on any atom is 0.284 e. The Morgan fingerprint density at radius 1 is 1.05 bits per heavy atom. The number of hydrogen-bond donors (Lipinski definition) is 1. The Balaban J connectivity index is 1.54. The lowest BCUT2D eigenvalue weighted by Gasteiger charge is -2.15. The Morgan fingerprint density at radius 3 is 2.61 bits per heavy atom. The van der Waals surface area contributed by atoms with Gasteiger partial charge >= 0.3 is 0 Å². The third kappa shape index (κ3) is 4.66. The van der Waals surface area contributed by atoms with Gasteiger partial charge in [0.05, 0.1) is 28.6 Å². The van der Waals surface area contributed by atoms with Crippen LogP contribution in [0.25, 0.3) is 22.1 Å². The van der Waals surface area contributed by atoms with Crippen LogP contribution in [0.15, 0.2) is 89.0 Å². The Morgan fingerprint density at radius 2 is 1.85 bits per heavy atom. The minimum Gasteiger partial charge on any atom is -0.381 e. The number of nitrogen functional groups attached to an aromatic ring is 1. The van der Waals surface area contributed by atoms with Gasteiger partial charge in [0, 0.05) is 36.4 Å². The number of amides is 1. The highest BCUT2D eigenvalue weighted by Gasteiger charge is 2.21. The van der Waals surface area contributed by atoms with Gasteiger partial charge in [0.15, 0.2) is 11.5 Å². The molecule has 0 bridgehead atoms. The predicted molar refractivity (Wildman–Crippen MR) is 157 cm³/mol. The molecule has 6 aromatic rings. The summed E-state index contributed by atoms with van der Waals surface area (Å²) in [5.41, 5.74) is 9.68. The Kier molecular flexibility index (Phi) is 6.24. The topological polar surface area (TPSA) is 125 Å². The third-order valence-electron chi connectivity index (χ3n) is 6.61. The summed E-state index contributed by atoms with van der Waals surface area (Å²) >= 11 is 0. The Hall–Kier alpha value is -5.82. The molecule has 0 spiro atoms. The molecular formula is C31H24N8O2. The van der Waals surface area contributed by atoms with E-state index in [9.17, 15) is 9.59 Å². The van der Waals surface area contributed by atoms with Crippen molar-refractivity contribution in [2.75, 3.05) is 5.73 Å². The molecule has 0 atom stereocenters. The summed E-state index contributed by atoms with van der Waals surface area (Å²) < 4.78 is 4.67. The molecule has 200 valence electrons. The van der Waals surface area contributed by atoms with E-state index in [1.807, 2.05) is 74.8 Å². The molecular weight excluding hydrogens is 516 g/mol. The number of carbonyl (C=O) groups is 1. The zero-order valence-electron chi connectivity index (χ0n) is 22.5. The average molecular weight is 541 g/mol. The fourth-order valence-electron chi connectivity index (χ4n) is 4.70. The van der Waals surface area contributed by atoms with Crippen LogP contribution < -0.4 is 11.3 Å². The van der Waals surface area contributed by atoms with E-state index in [0.717, 1.165) is 5.56 Å². The van der Waals surface area contributed by atoms with E-state index in [2.05, 4.69) is 32.0 Å². The molecule has 0 aliphatic heterocycles. The molecule has 0 fully saturated rings. The molecule has 0 aliphatic carbocycles. The first kappa shape index (κ1) is 25.5. The molecule has 4 aromatic heterocycles. The number of carbonyl (C=O) groups excluding carboxylic acids is 1. The van der Waals surface area contributed by atoms with Crippen LogP contribution in [0.2, 0.25) is 0 Å². The molecule has 4 heterocycles. The molecule has 2 aromatic carbocycles. The summed E-state index contributed by atoms with van der Waals surface area (Å²) in [5, 5.41) is 9.48. The van der Waals surface area contributed by atoms with Crippen LogP contribution in [0, 0.1) is 18.8 Å². The second-order valence-corrected chi connectivity index (χ2v) is 9.53. The smallest absolute Gasteiger partial charge is 0.284 e. The number of fused-ring (bicyclic) bond motifs is 2. The van der Waals surface area contributed by atoms with E-state index in [1.54, 1.807) is 34.6 Å². The highest BCUT2D eigenvalue weighted by molar-refractivity contribution is 6.13. The number of aromatic nitrogens is 6. The van der Waals surface area contributed by atoms with Gasteiger partial charge in [-0.1, -0.05) is 42.2 Å². The monoisotopic (exact) mass is 540 g/mol. The van der Waals surface area contributed by atoms with Crippen molar-refractivity contribution in [3.63, 3.8) is 0 Å². The molecule has 0 saturated carbocycles. The first-order valence-electron chi connectivity index (χ1n) is 12.8. The van der Waals surface area contributed by atoms with Crippen LogP contribution in [-0.4, -0.2) is 40.6 Å². The molecule has 6 rings (SSSR count). The van der Waals surface area contributed by atoms with Crippen LogP contribution in [0.3, 0.4) is 0 Å². The molecule has 10 heteroatoms. The van der Waals surface area contributed by atoms with Crippen LogP contribution in [-0.2, 0) is 7.05 Å². The number of aliphatic imine (C=N–C) groups is 1. The van der Waals surface area contributed by atoms with Crippen LogP contribution in [0.5, 0.6) is 0 Å². The van der Waals surface area contributed by atoms with Gasteiger partial charge in [-0.05, 0) is 49.6 Å². The summed E-state index contributed by atoms with van der Waals surface area (Å²) in [6.45, 7) is 3.50. The molecule has 0 radical (unpaired) electrons. The molecule has 41 heavy (non-hydrogen) atoms. The minimum atomic E-state index is -0.601. The van der Waals surface area contributed by atoms with Gasteiger partial charge in [-0.15, -0.1) is 5.10 Å². The molecule has 0 unspecified atom stereocenters. The number of benzene rings is 2. The van der Waals surface area contributed by atoms with Crippen LogP contribution in [0.1, 0.15) is 39.8 Å². The number of hydrogen-bond acceptors (Lipinski definition) is 6. The number of nitrogens with zero attached hydrogens (tertiary/aromatic N) is 7. The Labute approximate surface area is 234 Å². The van der Waals surface area contributed by atoms with E-state index >= 15 is 0 Å². The maximum absolute atomic E-state index is 14.2. The second-order valence-electron chi connectivity index (χ2n) is 9.53. The zero-order chi connectivity index (χ0) is 28.7.